The maximum absolute atomic E-state index is 12.7. The summed E-state index contributed by atoms with van der Waals surface area (Å²) < 4.78 is 0. The molecule has 0 radical (unpaired) electrons. The van der Waals surface area contributed by atoms with Crippen LogP contribution in [0, 0.1) is 0 Å². The summed E-state index contributed by atoms with van der Waals surface area (Å²) in [5.41, 5.74) is 16.3. The highest BCUT2D eigenvalue weighted by molar-refractivity contribution is 7.80. The minimum Gasteiger partial charge on any atom is -0.481 e. The third kappa shape index (κ3) is 13.0. The molecule has 0 rings (SSSR count). The quantitative estimate of drug-likeness (QED) is 0.0674. The fourth-order valence-corrected chi connectivity index (χ4v) is 2.99. The molecule has 0 aromatic carbocycles. The molecule has 4 unspecified atom stereocenters. The summed E-state index contributed by atoms with van der Waals surface area (Å²) in [6.07, 6.45) is 0.154. The molecule has 194 valence electrons. The highest BCUT2D eigenvalue weighted by atomic mass is 32.1. The fraction of sp³-hybridized carbons (Fsp3) is 0.684. The van der Waals surface area contributed by atoms with E-state index in [0.29, 0.717) is 25.8 Å². The van der Waals surface area contributed by atoms with Crippen LogP contribution in [0.1, 0.15) is 44.9 Å². The smallest absolute Gasteiger partial charge is 0.326 e. The van der Waals surface area contributed by atoms with Gasteiger partial charge in [0.15, 0.2) is 0 Å². The first-order valence-electron chi connectivity index (χ1n) is 10.6. The average molecular weight is 507 g/mol. The largest absolute Gasteiger partial charge is 0.481 e. The molecule has 0 heterocycles. The summed E-state index contributed by atoms with van der Waals surface area (Å²) >= 11 is 4.03. The van der Waals surface area contributed by atoms with Crippen molar-refractivity contribution < 1.29 is 39.0 Å². The van der Waals surface area contributed by atoms with E-state index in [-0.39, 0.29) is 18.6 Å². The second kappa shape index (κ2) is 16.7. The fourth-order valence-electron chi connectivity index (χ4n) is 2.74. The number of unbranched alkanes of at least 4 members (excludes halogenated alkanes) is 1. The zero-order valence-corrected chi connectivity index (χ0v) is 19.6. The van der Waals surface area contributed by atoms with Crippen molar-refractivity contribution in [2.45, 2.75) is 69.1 Å². The van der Waals surface area contributed by atoms with Crippen molar-refractivity contribution >= 4 is 48.2 Å². The lowest BCUT2D eigenvalue weighted by molar-refractivity contribution is -0.143. The van der Waals surface area contributed by atoms with Gasteiger partial charge < -0.3 is 43.4 Å². The van der Waals surface area contributed by atoms with Gasteiger partial charge in [0.25, 0.3) is 0 Å². The van der Waals surface area contributed by atoms with E-state index in [4.69, 9.17) is 22.3 Å². The number of carbonyl (C=O) groups is 6. The van der Waals surface area contributed by atoms with Gasteiger partial charge in [-0.05, 0) is 32.2 Å². The number of nitrogens with two attached hydrogens (primary N) is 3. The van der Waals surface area contributed by atoms with Gasteiger partial charge in [-0.25, -0.2) is 4.79 Å². The standard InChI is InChI=1S/C19H34N6O8S/c20-8-2-1-3-10(21)16(29)25-13(9-34)18(31)23-11(4-6-14(22)26)17(30)24-12(19(32)33)5-7-15(27)28/h10-13,34H,1-9,20-21H2,(H2,22,26)(H,23,31)(H,24,30)(H,25,29)(H,27,28)(H,32,33). The lowest BCUT2D eigenvalue weighted by atomic mass is 10.1. The third-order valence-electron chi connectivity index (χ3n) is 4.70. The number of carboxylic acids is 2. The zero-order valence-electron chi connectivity index (χ0n) is 18.7. The Kier molecular flexibility index (Phi) is 15.2. The molecule has 0 saturated carbocycles. The topological polar surface area (TPSA) is 257 Å². The first-order chi connectivity index (χ1) is 15.9. The van der Waals surface area contributed by atoms with E-state index in [2.05, 4.69) is 28.6 Å². The Hall–Kier alpha value is -2.91. The molecule has 0 aromatic rings. The summed E-state index contributed by atoms with van der Waals surface area (Å²) in [5.74, 6) is -6.03. The molecule has 0 bridgehead atoms. The predicted octanol–water partition coefficient (Wildman–Crippen LogP) is -2.96. The number of amides is 4. The zero-order chi connectivity index (χ0) is 26.3. The van der Waals surface area contributed by atoms with Crippen LogP contribution in [0.15, 0.2) is 0 Å². The molecule has 0 saturated heterocycles. The van der Waals surface area contributed by atoms with Gasteiger partial charge in [-0.1, -0.05) is 6.42 Å². The van der Waals surface area contributed by atoms with Gasteiger partial charge in [0, 0.05) is 18.6 Å². The monoisotopic (exact) mass is 506 g/mol. The number of rotatable bonds is 18. The first-order valence-corrected chi connectivity index (χ1v) is 11.3. The van der Waals surface area contributed by atoms with Gasteiger partial charge in [0.05, 0.1) is 6.04 Å². The maximum Gasteiger partial charge on any atom is 0.326 e. The summed E-state index contributed by atoms with van der Waals surface area (Å²) in [5, 5.41) is 24.9. The number of aliphatic carboxylic acids is 2. The Balaban J connectivity index is 5.27. The van der Waals surface area contributed by atoms with Gasteiger partial charge in [0.1, 0.15) is 18.1 Å². The maximum atomic E-state index is 12.7. The molecule has 0 aliphatic heterocycles. The number of thiol groups is 1. The van der Waals surface area contributed by atoms with E-state index in [9.17, 15) is 33.9 Å². The summed E-state index contributed by atoms with van der Waals surface area (Å²) in [6, 6.07) is -4.99. The molecule has 0 fully saturated rings. The highest BCUT2D eigenvalue weighted by Gasteiger charge is 2.30. The number of carboxylic acid groups (broad SMARTS) is 2. The van der Waals surface area contributed by atoms with E-state index in [1.54, 1.807) is 0 Å². The SMILES string of the molecule is NCCCCC(N)C(=O)NC(CS)C(=O)NC(CCC(N)=O)C(=O)NC(CCC(=O)O)C(=O)O. The number of nitrogens with one attached hydrogen (secondary N) is 3. The molecule has 0 aliphatic carbocycles. The van der Waals surface area contributed by atoms with E-state index < -0.39 is 72.6 Å². The molecule has 11 N–H and O–H groups in total. The number of hydrogen-bond donors (Lipinski definition) is 9. The van der Waals surface area contributed by atoms with Crippen LogP contribution in [-0.4, -0.2) is 82.2 Å². The van der Waals surface area contributed by atoms with Crippen LogP contribution < -0.4 is 33.2 Å². The van der Waals surface area contributed by atoms with Crippen LogP contribution in [0.3, 0.4) is 0 Å². The van der Waals surface area contributed by atoms with Crippen molar-refractivity contribution in [3.63, 3.8) is 0 Å². The Morgan fingerprint density at radius 2 is 1.29 bits per heavy atom. The van der Waals surface area contributed by atoms with E-state index in [1.165, 1.54) is 0 Å². The van der Waals surface area contributed by atoms with Crippen LogP contribution in [-0.2, 0) is 28.8 Å². The predicted molar refractivity (Wildman–Crippen MR) is 123 cm³/mol. The van der Waals surface area contributed by atoms with Gasteiger partial charge in [0.2, 0.25) is 23.6 Å². The Bertz CT molecular complexity index is 738. The molecular formula is C19H34N6O8S. The second-order valence-corrected chi connectivity index (χ2v) is 7.90. The Labute approximate surface area is 202 Å². The molecule has 4 amide bonds. The minimum absolute atomic E-state index is 0.145. The summed E-state index contributed by atoms with van der Waals surface area (Å²) in [7, 11) is 0. The van der Waals surface area contributed by atoms with Gasteiger partial charge in [-0.2, -0.15) is 12.6 Å². The lowest BCUT2D eigenvalue weighted by Crippen LogP contribution is -2.57. The van der Waals surface area contributed by atoms with Crippen molar-refractivity contribution in [2.24, 2.45) is 17.2 Å². The summed E-state index contributed by atoms with van der Waals surface area (Å²) in [4.78, 5) is 70.8. The number of primary amides is 1. The second-order valence-electron chi connectivity index (χ2n) is 7.53. The molecule has 34 heavy (non-hydrogen) atoms. The molecule has 15 heteroatoms. The van der Waals surface area contributed by atoms with E-state index in [1.807, 2.05) is 0 Å². The van der Waals surface area contributed by atoms with Gasteiger partial charge >= 0.3 is 11.9 Å². The van der Waals surface area contributed by atoms with Crippen LogP contribution in [0.2, 0.25) is 0 Å². The van der Waals surface area contributed by atoms with Crippen molar-refractivity contribution in [1.82, 2.24) is 16.0 Å². The Morgan fingerprint density at radius 1 is 0.765 bits per heavy atom. The van der Waals surface area contributed by atoms with Crippen molar-refractivity contribution in [2.75, 3.05) is 12.3 Å². The summed E-state index contributed by atoms with van der Waals surface area (Å²) in [6.45, 7) is 0.448. The van der Waals surface area contributed by atoms with E-state index in [0.717, 1.165) is 0 Å². The number of carbonyl (C=O) groups excluding carboxylic acids is 4. The highest BCUT2D eigenvalue weighted by Crippen LogP contribution is 2.04. The molecule has 14 nitrogen and oxygen atoms in total. The average Bonchev–Trinajstić information content (AvgIpc) is 2.76. The molecule has 4 atom stereocenters. The molecule has 0 aromatic heterocycles. The van der Waals surface area contributed by atoms with Crippen molar-refractivity contribution in [3.05, 3.63) is 0 Å². The molecular weight excluding hydrogens is 472 g/mol. The van der Waals surface area contributed by atoms with Crippen LogP contribution in [0.4, 0.5) is 0 Å². The van der Waals surface area contributed by atoms with Crippen molar-refractivity contribution in [1.29, 1.82) is 0 Å². The van der Waals surface area contributed by atoms with E-state index >= 15 is 0 Å². The normalized spacial score (nSPS) is 14.2. The minimum atomic E-state index is -1.54. The number of hydrogen-bond acceptors (Lipinski definition) is 9. The third-order valence-corrected chi connectivity index (χ3v) is 5.06. The van der Waals surface area contributed by atoms with Crippen molar-refractivity contribution in [3.8, 4) is 0 Å². The molecule has 0 aliphatic rings. The Morgan fingerprint density at radius 3 is 1.79 bits per heavy atom. The van der Waals surface area contributed by atoms with Crippen LogP contribution in [0.5, 0.6) is 0 Å². The first kappa shape index (κ1) is 31.1. The van der Waals surface area contributed by atoms with Crippen LogP contribution >= 0.6 is 12.6 Å². The van der Waals surface area contributed by atoms with Crippen LogP contribution in [0.25, 0.3) is 0 Å². The van der Waals surface area contributed by atoms with Gasteiger partial charge in [-0.15, -0.1) is 0 Å². The molecule has 0 spiro atoms. The van der Waals surface area contributed by atoms with Gasteiger partial charge in [-0.3, -0.25) is 24.0 Å². The lowest BCUT2D eigenvalue weighted by Gasteiger charge is -2.24.